The SMILES string of the molecule is COc1nc(-c2cccc(-c3cccc(-c4ccn5c(=O)c(CNC6CC(C)(O)C6)cnc5c4)c3Cl)c2Cl)ccc1CN(C[C@@H]1CCC(=O)N1)C(=O)O. The van der Waals surface area contributed by atoms with Crippen molar-refractivity contribution in [2.24, 2.45) is 0 Å². The first-order chi connectivity index (χ1) is 25.4. The number of ether oxygens (including phenoxy) is 1. The molecule has 274 valence electrons. The smallest absolute Gasteiger partial charge is 0.407 e. The normalized spacial score (nSPS) is 19.5. The third-order valence-corrected chi connectivity index (χ3v) is 10.7. The summed E-state index contributed by atoms with van der Waals surface area (Å²) in [5.74, 6) is 0.172. The molecule has 2 aromatic carbocycles. The summed E-state index contributed by atoms with van der Waals surface area (Å²) in [4.78, 5) is 47.5. The quantitative estimate of drug-likeness (QED) is 0.124. The second-order valence-electron chi connectivity index (χ2n) is 13.9. The molecule has 1 aliphatic heterocycles. The second-order valence-corrected chi connectivity index (χ2v) is 14.6. The van der Waals surface area contributed by atoms with Crippen molar-refractivity contribution >= 4 is 40.8 Å². The van der Waals surface area contributed by atoms with Crippen LogP contribution in [0.15, 0.2) is 77.9 Å². The molecule has 5 aromatic rings. The lowest BCUT2D eigenvalue weighted by Gasteiger charge is -2.41. The molecule has 4 N–H and O–H groups in total. The number of carbonyl (C=O) groups excluding carboxylic acids is 1. The molecule has 4 heterocycles. The fourth-order valence-electron chi connectivity index (χ4n) is 7.12. The van der Waals surface area contributed by atoms with Gasteiger partial charge in [-0.1, -0.05) is 59.6 Å². The molecule has 1 atom stereocenters. The molecular formula is C39H38Cl2N6O6. The molecule has 53 heavy (non-hydrogen) atoms. The Morgan fingerprint density at radius 2 is 1.74 bits per heavy atom. The van der Waals surface area contributed by atoms with Crippen LogP contribution in [0.1, 0.15) is 43.7 Å². The largest absolute Gasteiger partial charge is 0.481 e. The Labute approximate surface area is 315 Å². The standard InChI is InChI=1S/C39H38Cl2N6O6/c1-39(52)16-26(17-39)42-18-24-19-43-32-15-22(13-14-47(32)37(24)49)27-5-3-6-28(34(27)40)29-7-4-8-30(35(29)41)31-11-9-23(36(45-31)53-2)20-46(38(50)51)21-25-10-12-33(48)44-25/h3-9,11,13-15,19,25-26,42,52H,10,12,16-18,20-21H2,1-2H3,(H,44,48)(H,50,51)/t25-,26?,39?/m0/s1. The number of pyridine rings is 2. The number of aliphatic hydroxyl groups is 1. The molecule has 0 bridgehead atoms. The number of hydrogen-bond acceptors (Lipinski definition) is 8. The number of fused-ring (bicyclic) bond motifs is 1. The van der Waals surface area contributed by atoms with E-state index in [1.165, 1.54) is 16.4 Å². The molecule has 1 aliphatic carbocycles. The van der Waals surface area contributed by atoms with E-state index in [4.69, 9.17) is 32.9 Å². The van der Waals surface area contributed by atoms with Crippen molar-refractivity contribution in [3.8, 4) is 39.4 Å². The predicted octanol–water partition coefficient (Wildman–Crippen LogP) is 6.17. The minimum Gasteiger partial charge on any atom is -0.481 e. The van der Waals surface area contributed by atoms with Crippen LogP contribution >= 0.6 is 23.2 Å². The third kappa shape index (κ3) is 7.58. The maximum Gasteiger partial charge on any atom is 0.407 e. The van der Waals surface area contributed by atoms with Crippen LogP contribution in [-0.2, 0) is 17.9 Å². The molecule has 3 aromatic heterocycles. The van der Waals surface area contributed by atoms with E-state index in [0.717, 1.165) is 11.1 Å². The van der Waals surface area contributed by atoms with E-state index < -0.39 is 11.7 Å². The van der Waals surface area contributed by atoms with Gasteiger partial charge in [0.05, 0.1) is 40.6 Å². The highest BCUT2D eigenvalue weighted by atomic mass is 35.5. The van der Waals surface area contributed by atoms with E-state index in [1.807, 2.05) is 55.5 Å². The number of aromatic nitrogens is 3. The monoisotopic (exact) mass is 756 g/mol. The number of amides is 2. The minimum atomic E-state index is -1.11. The molecule has 0 radical (unpaired) electrons. The molecule has 1 saturated carbocycles. The van der Waals surface area contributed by atoms with Crippen LogP contribution in [0.2, 0.25) is 10.0 Å². The molecule has 7 rings (SSSR count). The summed E-state index contributed by atoms with van der Waals surface area (Å²) >= 11 is 14.2. The topological polar surface area (TPSA) is 158 Å². The first kappa shape index (κ1) is 36.4. The highest BCUT2D eigenvalue weighted by Gasteiger charge is 2.38. The number of nitrogens with one attached hydrogen (secondary N) is 2. The Bertz CT molecular complexity index is 2290. The number of halogens is 2. The van der Waals surface area contributed by atoms with E-state index in [0.29, 0.717) is 81.4 Å². The van der Waals surface area contributed by atoms with E-state index >= 15 is 0 Å². The van der Waals surface area contributed by atoms with Gasteiger partial charge in [0, 0.05) is 71.8 Å². The van der Waals surface area contributed by atoms with Crippen molar-refractivity contribution in [3.05, 3.63) is 105 Å². The summed E-state index contributed by atoms with van der Waals surface area (Å²) in [6.45, 7) is 2.35. The van der Waals surface area contributed by atoms with Crippen molar-refractivity contribution in [3.63, 3.8) is 0 Å². The molecule has 2 fully saturated rings. The fraction of sp³-hybridized carbons (Fsp3) is 0.308. The average molecular weight is 758 g/mol. The average Bonchev–Trinajstić information content (AvgIpc) is 3.54. The zero-order chi connectivity index (χ0) is 37.4. The van der Waals surface area contributed by atoms with Gasteiger partial charge < -0.3 is 30.5 Å². The van der Waals surface area contributed by atoms with Gasteiger partial charge in [-0.05, 0) is 56.0 Å². The number of hydrogen-bond donors (Lipinski definition) is 4. The lowest BCUT2D eigenvalue weighted by molar-refractivity contribution is -0.119. The van der Waals surface area contributed by atoms with Gasteiger partial charge >= 0.3 is 6.09 Å². The van der Waals surface area contributed by atoms with Gasteiger partial charge in [-0.2, -0.15) is 0 Å². The van der Waals surface area contributed by atoms with Gasteiger partial charge in [0.15, 0.2) is 0 Å². The van der Waals surface area contributed by atoms with Crippen molar-refractivity contribution in [2.45, 2.75) is 63.4 Å². The molecule has 2 aliphatic rings. The number of carboxylic acid groups (broad SMARTS) is 1. The highest BCUT2D eigenvalue weighted by molar-refractivity contribution is 6.39. The Kier molecular flexibility index (Phi) is 10.1. The van der Waals surface area contributed by atoms with Crippen LogP contribution in [-0.4, -0.2) is 72.8 Å². The molecule has 12 nitrogen and oxygen atoms in total. The Morgan fingerprint density at radius 3 is 2.40 bits per heavy atom. The van der Waals surface area contributed by atoms with Crippen LogP contribution in [0.25, 0.3) is 39.2 Å². The number of methoxy groups -OCH3 is 1. The Morgan fingerprint density at radius 1 is 1.04 bits per heavy atom. The number of benzene rings is 2. The second kappa shape index (κ2) is 14.8. The summed E-state index contributed by atoms with van der Waals surface area (Å²) in [6.07, 6.45) is 4.41. The molecular weight excluding hydrogens is 719 g/mol. The number of nitrogens with zero attached hydrogens (tertiary/aromatic N) is 4. The summed E-state index contributed by atoms with van der Waals surface area (Å²) in [7, 11) is 1.47. The number of rotatable bonds is 11. The van der Waals surface area contributed by atoms with Crippen molar-refractivity contribution < 1.29 is 24.5 Å². The van der Waals surface area contributed by atoms with E-state index in [1.54, 1.807) is 24.5 Å². The van der Waals surface area contributed by atoms with Gasteiger partial charge in [-0.15, -0.1) is 0 Å². The maximum absolute atomic E-state index is 13.3. The highest BCUT2D eigenvalue weighted by Crippen LogP contribution is 2.42. The zero-order valence-electron chi connectivity index (χ0n) is 29.1. The van der Waals surface area contributed by atoms with E-state index in [2.05, 4.69) is 15.6 Å². The summed E-state index contributed by atoms with van der Waals surface area (Å²) in [6, 6.07) is 18.3. The van der Waals surface area contributed by atoms with Gasteiger partial charge in [-0.25, -0.2) is 14.8 Å². The summed E-state index contributed by atoms with van der Waals surface area (Å²) < 4.78 is 7.10. The molecule has 14 heteroatoms. The van der Waals surface area contributed by atoms with Crippen LogP contribution in [0, 0.1) is 0 Å². The van der Waals surface area contributed by atoms with E-state index in [-0.39, 0.29) is 42.5 Å². The molecule has 2 amide bonds. The van der Waals surface area contributed by atoms with Gasteiger partial charge in [0.1, 0.15) is 5.65 Å². The van der Waals surface area contributed by atoms with Gasteiger partial charge in [0.2, 0.25) is 11.8 Å². The van der Waals surface area contributed by atoms with Crippen LogP contribution < -0.4 is 20.9 Å². The first-order valence-electron chi connectivity index (χ1n) is 17.3. The van der Waals surface area contributed by atoms with Crippen molar-refractivity contribution in [1.82, 2.24) is 29.9 Å². The Hall–Kier alpha value is -5.01. The molecule has 1 saturated heterocycles. The fourth-order valence-corrected chi connectivity index (χ4v) is 7.78. The minimum absolute atomic E-state index is 0.0248. The van der Waals surface area contributed by atoms with Gasteiger partial charge in [-0.3, -0.25) is 14.0 Å². The van der Waals surface area contributed by atoms with Gasteiger partial charge in [0.25, 0.3) is 5.56 Å². The van der Waals surface area contributed by atoms with Crippen molar-refractivity contribution in [2.75, 3.05) is 13.7 Å². The summed E-state index contributed by atoms with van der Waals surface area (Å²) in [5.41, 5.74) is 4.78. The third-order valence-electron chi connectivity index (χ3n) is 9.90. The Balaban J connectivity index is 1.13. The first-order valence-corrected chi connectivity index (χ1v) is 18.0. The maximum atomic E-state index is 13.3. The van der Waals surface area contributed by atoms with Crippen LogP contribution in [0.3, 0.4) is 0 Å². The predicted molar refractivity (Wildman–Crippen MR) is 202 cm³/mol. The molecule has 0 unspecified atom stereocenters. The number of carbonyl (C=O) groups is 2. The van der Waals surface area contributed by atoms with Crippen LogP contribution in [0.4, 0.5) is 4.79 Å². The summed E-state index contributed by atoms with van der Waals surface area (Å²) in [5, 5.41) is 26.9. The lowest BCUT2D eigenvalue weighted by Crippen LogP contribution is -2.51. The van der Waals surface area contributed by atoms with E-state index in [9.17, 15) is 24.6 Å². The van der Waals surface area contributed by atoms with Crippen LogP contribution in [0.5, 0.6) is 5.88 Å². The molecule has 0 spiro atoms. The zero-order valence-corrected chi connectivity index (χ0v) is 30.6. The van der Waals surface area contributed by atoms with Crippen molar-refractivity contribution in [1.29, 1.82) is 0 Å². The lowest BCUT2D eigenvalue weighted by atomic mass is 9.77.